The van der Waals surface area contributed by atoms with Gasteiger partial charge in [0, 0.05) is 5.41 Å². The molecule has 0 radical (unpaired) electrons. The van der Waals surface area contributed by atoms with Crippen LogP contribution in [-0.2, 0) is 5.41 Å². The Hall–Kier alpha value is -1.56. The molecule has 0 atom stereocenters. The van der Waals surface area contributed by atoms with E-state index in [9.17, 15) is 0 Å². The summed E-state index contributed by atoms with van der Waals surface area (Å²) in [5.74, 6) is 0. The number of benzene rings is 1. The second kappa shape index (κ2) is 11.0. The van der Waals surface area contributed by atoms with Crippen molar-refractivity contribution < 1.29 is 0 Å². The third-order valence-corrected chi connectivity index (χ3v) is 4.58. The van der Waals surface area contributed by atoms with Crippen LogP contribution in [0.2, 0.25) is 0 Å². The second-order valence-electron chi connectivity index (χ2n) is 5.69. The number of hydrogen-bond acceptors (Lipinski definition) is 0. The fraction of sp³-hybridized carbons (Fsp3) is 0.478. The zero-order valence-corrected chi connectivity index (χ0v) is 15.5. The highest BCUT2D eigenvalue weighted by atomic mass is 14.4. The maximum atomic E-state index is 2.43. The minimum Gasteiger partial charge on any atom is -0.0807 e. The summed E-state index contributed by atoms with van der Waals surface area (Å²) < 4.78 is 0. The van der Waals surface area contributed by atoms with E-state index in [1.165, 1.54) is 43.2 Å². The average Bonchev–Trinajstić information content (AvgIpc) is 2.96. The summed E-state index contributed by atoms with van der Waals surface area (Å²) in [6.45, 7) is 8.00. The highest BCUT2D eigenvalue weighted by Gasteiger charge is 2.36. The Labute approximate surface area is 144 Å². The van der Waals surface area contributed by atoms with Gasteiger partial charge >= 0.3 is 0 Å². The minimum absolute atomic E-state index is 0.266. The van der Waals surface area contributed by atoms with Crippen LogP contribution < -0.4 is 0 Å². The van der Waals surface area contributed by atoms with Gasteiger partial charge in [-0.05, 0) is 30.4 Å². The van der Waals surface area contributed by atoms with E-state index in [1.54, 1.807) is 0 Å². The average molecular weight is 311 g/mol. The molecular formula is C23H34. The molecule has 0 amide bonds. The van der Waals surface area contributed by atoms with Crippen molar-refractivity contribution in [1.29, 1.82) is 0 Å². The Kier molecular flexibility index (Phi) is 9.36. The van der Waals surface area contributed by atoms with E-state index in [0.717, 1.165) is 6.42 Å². The summed E-state index contributed by atoms with van der Waals surface area (Å²) in [7, 11) is 0. The van der Waals surface area contributed by atoms with Crippen molar-refractivity contribution in [2.75, 3.05) is 0 Å². The first-order valence-electron chi connectivity index (χ1n) is 9.51. The summed E-state index contributed by atoms with van der Waals surface area (Å²) in [5.41, 5.74) is 3.30. The third-order valence-electron chi connectivity index (χ3n) is 4.58. The molecule has 2 aliphatic rings. The van der Waals surface area contributed by atoms with E-state index in [2.05, 4.69) is 60.7 Å². The maximum absolute atomic E-state index is 2.43. The van der Waals surface area contributed by atoms with Crippen molar-refractivity contribution in [2.45, 2.75) is 71.6 Å². The Balaban J connectivity index is 0.000000615. The number of allylic oxidation sites excluding steroid dienone is 6. The van der Waals surface area contributed by atoms with Crippen molar-refractivity contribution in [1.82, 2.24) is 0 Å². The summed E-state index contributed by atoms with van der Waals surface area (Å²) in [4.78, 5) is 0. The molecule has 0 heteroatoms. The fourth-order valence-electron chi connectivity index (χ4n) is 3.59. The van der Waals surface area contributed by atoms with E-state index >= 15 is 0 Å². The zero-order valence-electron chi connectivity index (χ0n) is 15.5. The fourth-order valence-corrected chi connectivity index (χ4v) is 3.59. The molecule has 0 aromatic heterocycles. The molecule has 0 bridgehead atoms. The van der Waals surface area contributed by atoms with Gasteiger partial charge in [-0.1, -0.05) is 108 Å². The first-order valence-corrected chi connectivity index (χ1v) is 9.51. The maximum Gasteiger partial charge on any atom is 0.0199 e. The van der Waals surface area contributed by atoms with Gasteiger partial charge in [-0.3, -0.25) is 0 Å². The van der Waals surface area contributed by atoms with E-state index in [-0.39, 0.29) is 5.41 Å². The quantitative estimate of drug-likeness (QED) is 0.534. The summed E-state index contributed by atoms with van der Waals surface area (Å²) in [6, 6.07) is 11.1. The molecule has 0 heterocycles. The van der Waals surface area contributed by atoms with Crippen LogP contribution in [-0.4, -0.2) is 0 Å². The lowest BCUT2D eigenvalue weighted by Crippen LogP contribution is -2.30. The van der Waals surface area contributed by atoms with Crippen molar-refractivity contribution in [3.63, 3.8) is 0 Å². The Bertz CT molecular complexity index is 496. The van der Waals surface area contributed by atoms with Gasteiger partial charge in [-0.25, -0.2) is 0 Å². The van der Waals surface area contributed by atoms with Crippen molar-refractivity contribution in [3.8, 4) is 0 Å². The van der Waals surface area contributed by atoms with Crippen LogP contribution >= 0.6 is 0 Å². The van der Waals surface area contributed by atoms with Crippen LogP contribution in [0.4, 0.5) is 0 Å². The molecule has 1 saturated carbocycles. The lowest BCUT2D eigenvalue weighted by molar-refractivity contribution is 0.344. The molecule has 1 fully saturated rings. The molecule has 0 aliphatic heterocycles. The molecular weight excluding hydrogens is 276 g/mol. The van der Waals surface area contributed by atoms with Crippen LogP contribution in [0.1, 0.15) is 71.8 Å². The molecule has 1 aromatic carbocycles. The first kappa shape index (κ1) is 19.5. The molecule has 1 aromatic rings. The second-order valence-corrected chi connectivity index (χ2v) is 5.69. The highest BCUT2D eigenvalue weighted by molar-refractivity contribution is 5.44. The smallest absolute Gasteiger partial charge is 0.0199 e. The zero-order chi connectivity index (χ0) is 17.0. The molecule has 0 spiro atoms. The summed E-state index contributed by atoms with van der Waals surface area (Å²) in [6.07, 6.45) is 19.1. The van der Waals surface area contributed by atoms with Gasteiger partial charge in [0.25, 0.3) is 0 Å². The molecule has 2 aliphatic carbocycles. The molecule has 0 saturated heterocycles. The Morgan fingerprint density at radius 1 is 0.783 bits per heavy atom. The topological polar surface area (TPSA) is 0 Å². The molecule has 0 N–H and O–H groups in total. The molecule has 0 nitrogen and oxygen atoms in total. The number of rotatable bonds is 2. The molecule has 3 rings (SSSR count). The van der Waals surface area contributed by atoms with Gasteiger partial charge in [0.15, 0.2) is 0 Å². The first-order chi connectivity index (χ1) is 11.4. The minimum atomic E-state index is 0.266. The predicted octanol–water partition coefficient (Wildman–Crippen LogP) is 7.38. The monoisotopic (exact) mass is 310 g/mol. The van der Waals surface area contributed by atoms with Crippen LogP contribution in [0.3, 0.4) is 0 Å². The summed E-state index contributed by atoms with van der Waals surface area (Å²) >= 11 is 0. The lowest BCUT2D eigenvalue weighted by Gasteiger charge is -2.39. The Morgan fingerprint density at radius 2 is 1.43 bits per heavy atom. The van der Waals surface area contributed by atoms with Gasteiger partial charge in [-0.15, -0.1) is 0 Å². The van der Waals surface area contributed by atoms with Gasteiger partial charge < -0.3 is 0 Å². The van der Waals surface area contributed by atoms with Gasteiger partial charge in [-0.2, -0.15) is 0 Å². The highest BCUT2D eigenvalue weighted by Crippen LogP contribution is 2.45. The van der Waals surface area contributed by atoms with E-state index in [0.29, 0.717) is 0 Å². The van der Waals surface area contributed by atoms with Crippen LogP contribution in [0.5, 0.6) is 0 Å². The third kappa shape index (κ3) is 4.96. The van der Waals surface area contributed by atoms with Gasteiger partial charge in [0.05, 0.1) is 0 Å². The van der Waals surface area contributed by atoms with Crippen LogP contribution in [0, 0.1) is 0 Å². The standard InChI is InChI=1S/C19H22.2C2H6/c1-2-6-12-17(11-5-1)19(15-9-4-10-16-19)18-13-7-3-8-14-18;2*1-2/h1-3,5,7-8,11-14H,4,6,9-10,15-16H2;2*1-2H3. The Morgan fingerprint density at radius 3 is 2.09 bits per heavy atom. The van der Waals surface area contributed by atoms with Crippen LogP contribution in [0.15, 0.2) is 66.3 Å². The molecule has 23 heavy (non-hydrogen) atoms. The predicted molar refractivity (Wildman–Crippen MR) is 105 cm³/mol. The summed E-state index contributed by atoms with van der Waals surface area (Å²) in [5, 5.41) is 0. The van der Waals surface area contributed by atoms with Crippen molar-refractivity contribution in [3.05, 3.63) is 71.8 Å². The van der Waals surface area contributed by atoms with Crippen LogP contribution in [0.25, 0.3) is 0 Å². The number of hydrogen-bond donors (Lipinski definition) is 0. The van der Waals surface area contributed by atoms with Gasteiger partial charge in [0.1, 0.15) is 0 Å². The molecule has 126 valence electrons. The SMILES string of the molecule is C1=CCC=C(C2(c3ccccc3)CCCCC2)C=C1.CC.CC. The van der Waals surface area contributed by atoms with E-state index < -0.39 is 0 Å². The van der Waals surface area contributed by atoms with Gasteiger partial charge in [0.2, 0.25) is 0 Å². The van der Waals surface area contributed by atoms with Crippen molar-refractivity contribution >= 4 is 0 Å². The van der Waals surface area contributed by atoms with E-state index in [1.807, 2.05) is 27.7 Å². The largest absolute Gasteiger partial charge is 0.0807 e. The normalized spacial score (nSPS) is 18.5. The molecule has 0 unspecified atom stereocenters. The lowest BCUT2D eigenvalue weighted by atomic mass is 9.64. The van der Waals surface area contributed by atoms with E-state index in [4.69, 9.17) is 0 Å². The van der Waals surface area contributed by atoms with Crippen molar-refractivity contribution in [2.24, 2.45) is 0 Å².